The number of halogens is 1. The van der Waals surface area contributed by atoms with Gasteiger partial charge in [-0.1, -0.05) is 31.4 Å². The molecule has 2 fully saturated rings. The standard InChI is InChI=1S/C18H23FN2O2/c19-14-8-6-13(7-9-14)12-20-16(22)18(10-11-18)17(23)21-15-4-2-1-3-5-15/h6-9,15H,1-5,10-12H2,(H,20,22)(H,21,23). The van der Waals surface area contributed by atoms with E-state index in [0.717, 1.165) is 31.2 Å². The summed E-state index contributed by atoms with van der Waals surface area (Å²) in [5.41, 5.74) is -0.0551. The van der Waals surface area contributed by atoms with E-state index in [1.54, 1.807) is 12.1 Å². The van der Waals surface area contributed by atoms with Crippen molar-refractivity contribution in [2.24, 2.45) is 5.41 Å². The predicted octanol–water partition coefficient (Wildman–Crippen LogP) is 2.67. The third-order valence-electron chi connectivity index (χ3n) is 4.93. The van der Waals surface area contributed by atoms with E-state index in [4.69, 9.17) is 0 Å². The van der Waals surface area contributed by atoms with Gasteiger partial charge in [0.15, 0.2) is 0 Å². The molecule has 2 saturated carbocycles. The first-order valence-corrected chi connectivity index (χ1v) is 8.44. The Labute approximate surface area is 135 Å². The van der Waals surface area contributed by atoms with Crippen molar-refractivity contribution >= 4 is 11.8 Å². The molecule has 1 aromatic carbocycles. The van der Waals surface area contributed by atoms with E-state index in [1.165, 1.54) is 18.6 Å². The smallest absolute Gasteiger partial charge is 0.235 e. The molecule has 1 aromatic rings. The van der Waals surface area contributed by atoms with Crippen LogP contribution in [0.5, 0.6) is 0 Å². The molecule has 23 heavy (non-hydrogen) atoms. The number of carbonyl (C=O) groups excluding carboxylic acids is 2. The first-order valence-electron chi connectivity index (χ1n) is 8.44. The molecular formula is C18H23FN2O2. The van der Waals surface area contributed by atoms with Gasteiger partial charge in [-0.05, 0) is 43.4 Å². The van der Waals surface area contributed by atoms with Gasteiger partial charge < -0.3 is 10.6 Å². The number of rotatable bonds is 5. The lowest BCUT2D eigenvalue weighted by molar-refractivity contribution is -0.137. The van der Waals surface area contributed by atoms with Crippen LogP contribution >= 0.6 is 0 Å². The molecule has 0 bridgehead atoms. The summed E-state index contributed by atoms with van der Waals surface area (Å²) < 4.78 is 12.9. The molecule has 0 spiro atoms. The van der Waals surface area contributed by atoms with Crippen molar-refractivity contribution in [3.8, 4) is 0 Å². The zero-order valence-electron chi connectivity index (χ0n) is 13.2. The SMILES string of the molecule is O=C(NCc1ccc(F)cc1)C1(C(=O)NC2CCCCC2)CC1. The van der Waals surface area contributed by atoms with Crippen molar-refractivity contribution in [3.63, 3.8) is 0 Å². The minimum atomic E-state index is -0.878. The summed E-state index contributed by atoms with van der Waals surface area (Å²) in [7, 11) is 0. The van der Waals surface area contributed by atoms with Crippen LogP contribution in [0.2, 0.25) is 0 Å². The van der Waals surface area contributed by atoms with Gasteiger partial charge >= 0.3 is 0 Å². The van der Waals surface area contributed by atoms with Crippen LogP contribution < -0.4 is 10.6 Å². The van der Waals surface area contributed by atoms with Crippen molar-refractivity contribution < 1.29 is 14.0 Å². The number of hydrogen-bond donors (Lipinski definition) is 2. The Morgan fingerprint density at radius 3 is 2.30 bits per heavy atom. The molecule has 2 N–H and O–H groups in total. The monoisotopic (exact) mass is 318 g/mol. The van der Waals surface area contributed by atoms with Crippen molar-refractivity contribution in [1.82, 2.24) is 10.6 Å². The second-order valence-electron chi connectivity index (χ2n) is 6.70. The molecule has 2 aliphatic carbocycles. The average molecular weight is 318 g/mol. The molecule has 0 aromatic heterocycles. The summed E-state index contributed by atoms with van der Waals surface area (Å²) in [5, 5.41) is 5.88. The van der Waals surface area contributed by atoms with Crippen molar-refractivity contribution in [2.45, 2.75) is 57.5 Å². The molecule has 0 heterocycles. The Hall–Kier alpha value is -1.91. The normalized spacial score (nSPS) is 19.9. The highest BCUT2D eigenvalue weighted by Crippen LogP contribution is 2.46. The first-order chi connectivity index (χ1) is 11.1. The van der Waals surface area contributed by atoms with Gasteiger partial charge in [0, 0.05) is 12.6 Å². The summed E-state index contributed by atoms with van der Waals surface area (Å²) in [6, 6.07) is 6.22. The maximum Gasteiger partial charge on any atom is 0.235 e. The van der Waals surface area contributed by atoms with Gasteiger partial charge in [-0.3, -0.25) is 9.59 Å². The first kappa shape index (κ1) is 16.0. The van der Waals surface area contributed by atoms with Gasteiger partial charge in [0.05, 0.1) is 0 Å². The van der Waals surface area contributed by atoms with Gasteiger partial charge in [-0.25, -0.2) is 4.39 Å². The Kier molecular flexibility index (Phi) is 4.64. The summed E-state index contributed by atoms with van der Waals surface area (Å²) in [6.45, 7) is 0.317. The lowest BCUT2D eigenvalue weighted by atomic mass is 9.94. The third-order valence-corrected chi connectivity index (χ3v) is 4.93. The number of amides is 2. The molecule has 3 rings (SSSR count). The zero-order chi connectivity index (χ0) is 16.3. The largest absolute Gasteiger partial charge is 0.352 e. The topological polar surface area (TPSA) is 58.2 Å². The van der Waals surface area contributed by atoms with Gasteiger partial charge in [0.1, 0.15) is 11.2 Å². The molecule has 2 amide bonds. The highest BCUT2D eigenvalue weighted by molar-refractivity contribution is 6.07. The lowest BCUT2D eigenvalue weighted by Gasteiger charge is -2.25. The third kappa shape index (κ3) is 3.71. The highest BCUT2D eigenvalue weighted by Gasteiger charge is 2.56. The molecule has 0 unspecified atom stereocenters. The second kappa shape index (κ2) is 6.69. The fourth-order valence-corrected chi connectivity index (χ4v) is 3.21. The Morgan fingerprint density at radius 2 is 1.70 bits per heavy atom. The molecule has 0 radical (unpaired) electrons. The summed E-state index contributed by atoms with van der Waals surface area (Å²) in [6.07, 6.45) is 6.78. The average Bonchev–Trinajstić information content (AvgIpc) is 3.37. The number of benzene rings is 1. The van der Waals surface area contributed by atoms with E-state index < -0.39 is 5.41 Å². The second-order valence-corrected chi connectivity index (χ2v) is 6.70. The van der Waals surface area contributed by atoms with Crippen LogP contribution in [-0.2, 0) is 16.1 Å². The van der Waals surface area contributed by atoms with Crippen LogP contribution in [0.15, 0.2) is 24.3 Å². The molecule has 0 atom stereocenters. The maximum absolute atomic E-state index is 12.9. The molecule has 0 saturated heterocycles. The predicted molar refractivity (Wildman–Crippen MR) is 84.9 cm³/mol. The quantitative estimate of drug-likeness (QED) is 0.820. The fourth-order valence-electron chi connectivity index (χ4n) is 3.21. The van der Waals surface area contributed by atoms with Crippen LogP contribution in [0.25, 0.3) is 0 Å². The minimum Gasteiger partial charge on any atom is -0.352 e. The zero-order valence-corrected chi connectivity index (χ0v) is 13.2. The van der Waals surface area contributed by atoms with Crippen molar-refractivity contribution in [3.05, 3.63) is 35.6 Å². The van der Waals surface area contributed by atoms with Crippen LogP contribution in [0.4, 0.5) is 4.39 Å². The maximum atomic E-state index is 12.9. The number of carbonyl (C=O) groups is 2. The van der Waals surface area contributed by atoms with E-state index in [0.29, 0.717) is 19.4 Å². The summed E-state index contributed by atoms with van der Waals surface area (Å²) in [4.78, 5) is 24.9. The molecule has 2 aliphatic rings. The lowest BCUT2D eigenvalue weighted by Crippen LogP contribution is -2.46. The summed E-state index contributed by atoms with van der Waals surface area (Å²) in [5.74, 6) is -0.637. The molecular weight excluding hydrogens is 295 g/mol. The molecule has 4 nitrogen and oxygen atoms in total. The van der Waals surface area contributed by atoms with Crippen LogP contribution in [-0.4, -0.2) is 17.9 Å². The summed E-state index contributed by atoms with van der Waals surface area (Å²) >= 11 is 0. The fraction of sp³-hybridized carbons (Fsp3) is 0.556. The Balaban J connectivity index is 1.53. The van der Waals surface area contributed by atoms with Crippen molar-refractivity contribution in [1.29, 1.82) is 0 Å². The number of hydrogen-bond acceptors (Lipinski definition) is 2. The number of nitrogens with one attached hydrogen (secondary N) is 2. The molecule has 5 heteroatoms. The van der Waals surface area contributed by atoms with E-state index in [2.05, 4.69) is 10.6 Å². The van der Waals surface area contributed by atoms with E-state index in [-0.39, 0.29) is 23.7 Å². The minimum absolute atomic E-state index is 0.124. The van der Waals surface area contributed by atoms with E-state index >= 15 is 0 Å². The van der Waals surface area contributed by atoms with Gasteiger partial charge in [0.25, 0.3) is 0 Å². The van der Waals surface area contributed by atoms with Gasteiger partial charge in [-0.2, -0.15) is 0 Å². The highest BCUT2D eigenvalue weighted by atomic mass is 19.1. The van der Waals surface area contributed by atoms with Crippen LogP contribution in [0.1, 0.15) is 50.5 Å². The van der Waals surface area contributed by atoms with Crippen LogP contribution in [0, 0.1) is 11.2 Å². The Bertz CT molecular complexity index is 575. The van der Waals surface area contributed by atoms with Crippen molar-refractivity contribution in [2.75, 3.05) is 0 Å². The van der Waals surface area contributed by atoms with Crippen LogP contribution in [0.3, 0.4) is 0 Å². The van der Waals surface area contributed by atoms with E-state index in [1.807, 2.05) is 0 Å². The Morgan fingerprint density at radius 1 is 1.04 bits per heavy atom. The molecule has 124 valence electrons. The van der Waals surface area contributed by atoms with E-state index in [9.17, 15) is 14.0 Å². The van der Waals surface area contributed by atoms with Gasteiger partial charge in [-0.15, -0.1) is 0 Å². The van der Waals surface area contributed by atoms with Gasteiger partial charge in [0.2, 0.25) is 11.8 Å². The molecule has 0 aliphatic heterocycles.